The Bertz CT molecular complexity index is 1130. The summed E-state index contributed by atoms with van der Waals surface area (Å²) in [5, 5.41) is 13.7. The van der Waals surface area contributed by atoms with Crippen LogP contribution in [-0.4, -0.2) is 26.3 Å². The second-order valence-electron chi connectivity index (χ2n) is 5.84. The number of carbonyl (C=O) groups excluding carboxylic acids is 1. The number of halogens is 1. The number of anilines is 1. The smallest absolute Gasteiger partial charge is 0.234 e. The predicted molar refractivity (Wildman–Crippen MR) is 106 cm³/mol. The molecule has 0 aliphatic rings. The first-order valence-corrected chi connectivity index (χ1v) is 9.40. The zero-order valence-corrected chi connectivity index (χ0v) is 15.5. The molecule has 2 aromatic heterocycles. The van der Waals surface area contributed by atoms with Gasteiger partial charge in [-0.2, -0.15) is 0 Å². The summed E-state index contributed by atoms with van der Waals surface area (Å²) in [6.45, 7) is 2.01. The van der Waals surface area contributed by atoms with Crippen LogP contribution in [0.1, 0.15) is 5.56 Å². The van der Waals surface area contributed by atoms with E-state index in [1.54, 1.807) is 12.1 Å². The Morgan fingerprint density at radius 2 is 1.92 bits per heavy atom. The lowest BCUT2D eigenvalue weighted by Crippen LogP contribution is -2.14. The molecule has 1 N–H and O–H groups in total. The van der Waals surface area contributed by atoms with Crippen molar-refractivity contribution >= 4 is 51.5 Å². The van der Waals surface area contributed by atoms with E-state index >= 15 is 0 Å². The van der Waals surface area contributed by atoms with Crippen LogP contribution in [0, 0.1) is 6.92 Å². The van der Waals surface area contributed by atoms with Gasteiger partial charge in [-0.25, -0.2) is 0 Å². The van der Waals surface area contributed by atoms with Gasteiger partial charge < -0.3 is 5.32 Å². The molecule has 2 heterocycles. The highest BCUT2D eigenvalue weighted by molar-refractivity contribution is 7.99. The van der Waals surface area contributed by atoms with E-state index in [-0.39, 0.29) is 11.7 Å². The first-order valence-electron chi connectivity index (χ1n) is 8.04. The summed E-state index contributed by atoms with van der Waals surface area (Å²) in [4.78, 5) is 12.3. The topological polar surface area (TPSA) is 59.3 Å². The van der Waals surface area contributed by atoms with E-state index in [2.05, 4.69) is 27.6 Å². The highest BCUT2D eigenvalue weighted by atomic mass is 35.5. The average Bonchev–Trinajstić information content (AvgIpc) is 3.07. The van der Waals surface area contributed by atoms with E-state index in [1.807, 2.05) is 41.7 Å². The summed E-state index contributed by atoms with van der Waals surface area (Å²) in [7, 11) is 0. The number of carbonyl (C=O) groups is 1. The van der Waals surface area contributed by atoms with Crippen molar-refractivity contribution in [3.63, 3.8) is 0 Å². The SMILES string of the molecule is Cc1cc2ccccc2n2c(SCC(=O)Nc3ccccc3Cl)nnc12. The minimum Gasteiger partial charge on any atom is -0.324 e. The molecule has 0 spiro atoms. The highest BCUT2D eigenvalue weighted by Crippen LogP contribution is 2.26. The van der Waals surface area contributed by atoms with Crippen molar-refractivity contribution < 1.29 is 4.79 Å². The molecule has 0 aliphatic carbocycles. The third kappa shape index (κ3) is 3.13. The number of thioether (sulfide) groups is 1. The summed E-state index contributed by atoms with van der Waals surface area (Å²) in [5.74, 6) is 0.0747. The van der Waals surface area contributed by atoms with Gasteiger partial charge in [-0.3, -0.25) is 9.20 Å². The van der Waals surface area contributed by atoms with Crippen molar-refractivity contribution in [3.05, 3.63) is 65.2 Å². The van der Waals surface area contributed by atoms with E-state index in [0.29, 0.717) is 15.9 Å². The summed E-state index contributed by atoms with van der Waals surface area (Å²) in [6, 6.07) is 17.3. The van der Waals surface area contributed by atoms with Crippen LogP contribution < -0.4 is 5.32 Å². The Balaban J connectivity index is 1.60. The van der Waals surface area contributed by atoms with E-state index < -0.39 is 0 Å². The molecule has 26 heavy (non-hydrogen) atoms. The number of amides is 1. The van der Waals surface area contributed by atoms with Gasteiger partial charge in [-0.15, -0.1) is 10.2 Å². The monoisotopic (exact) mass is 382 g/mol. The minimum atomic E-state index is -0.142. The van der Waals surface area contributed by atoms with Crippen LogP contribution in [-0.2, 0) is 4.79 Å². The number of aryl methyl sites for hydroxylation is 1. The van der Waals surface area contributed by atoms with E-state index in [4.69, 9.17) is 11.6 Å². The molecule has 0 fully saturated rings. The molecule has 5 nitrogen and oxygen atoms in total. The maximum absolute atomic E-state index is 12.3. The van der Waals surface area contributed by atoms with Crippen LogP contribution in [0.4, 0.5) is 5.69 Å². The third-order valence-electron chi connectivity index (χ3n) is 4.02. The number of hydrogen-bond acceptors (Lipinski definition) is 4. The van der Waals surface area contributed by atoms with Gasteiger partial charge in [-0.1, -0.05) is 53.7 Å². The summed E-state index contributed by atoms with van der Waals surface area (Å²) in [5.41, 5.74) is 3.47. The number of para-hydroxylation sites is 2. The molecule has 0 unspecified atom stereocenters. The standard InChI is InChI=1S/C19H15ClN4OS/c1-12-10-13-6-2-5-9-16(13)24-18(12)22-23-19(24)26-11-17(25)21-15-8-4-3-7-14(15)20/h2-10H,11H2,1H3,(H,21,25). The molecular weight excluding hydrogens is 368 g/mol. The maximum atomic E-state index is 12.3. The Labute approximate surface area is 159 Å². The maximum Gasteiger partial charge on any atom is 0.234 e. The Hall–Kier alpha value is -2.57. The predicted octanol–water partition coefficient (Wildman–Crippen LogP) is 4.58. The van der Waals surface area contributed by atoms with Crippen LogP contribution in [0.2, 0.25) is 5.02 Å². The Morgan fingerprint density at radius 1 is 1.15 bits per heavy atom. The second kappa shape index (κ2) is 6.97. The van der Waals surface area contributed by atoms with Crippen LogP contribution >= 0.6 is 23.4 Å². The second-order valence-corrected chi connectivity index (χ2v) is 7.19. The zero-order valence-electron chi connectivity index (χ0n) is 13.9. The van der Waals surface area contributed by atoms with Gasteiger partial charge in [-0.05, 0) is 42.1 Å². The molecule has 0 saturated carbocycles. The molecule has 130 valence electrons. The molecule has 2 aromatic carbocycles. The van der Waals surface area contributed by atoms with Crippen LogP contribution in [0.5, 0.6) is 0 Å². The fraction of sp³-hybridized carbons (Fsp3) is 0.105. The number of hydrogen-bond donors (Lipinski definition) is 1. The van der Waals surface area contributed by atoms with Crippen molar-refractivity contribution in [2.45, 2.75) is 12.1 Å². The normalized spacial score (nSPS) is 11.2. The number of aromatic nitrogens is 3. The van der Waals surface area contributed by atoms with Crippen molar-refractivity contribution in [2.75, 3.05) is 11.1 Å². The lowest BCUT2D eigenvalue weighted by molar-refractivity contribution is -0.113. The fourth-order valence-corrected chi connectivity index (χ4v) is 3.75. The molecule has 1 amide bonds. The molecule has 4 aromatic rings. The molecule has 0 radical (unpaired) electrons. The first kappa shape index (κ1) is 16.9. The largest absolute Gasteiger partial charge is 0.324 e. The average molecular weight is 383 g/mol. The van der Waals surface area contributed by atoms with Crippen molar-refractivity contribution in [1.82, 2.24) is 14.6 Å². The summed E-state index contributed by atoms with van der Waals surface area (Å²) in [6.07, 6.45) is 0. The lowest BCUT2D eigenvalue weighted by Gasteiger charge is -2.08. The van der Waals surface area contributed by atoms with Gasteiger partial charge >= 0.3 is 0 Å². The summed E-state index contributed by atoms with van der Waals surface area (Å²) < 4.78 is 2.00. The quantitative estimate of drug-likeness (QED) is 0.525. The highest BCUT2D eigenvalue weighted by Gasteiger charge is 2.14. The molecule has 0 saturated heterocycles. The molecule has 0 bridgehead atoms. The summed E-state index contributed by atoms with van der Waals surface area (Å²) >= 11 is 7.43. The number of benzene rings is 2. The van der Waals surface area contributed by atoms with Gasteiger partial charge in [0.05, 0.1) is 22.0 Å². The number of rotatable bonds is 4. The van der Waals surface area contributed by atoms with Gasteiger partial charge in [0.1, 0.15) is 0 Å². The number of nitrogens with zero attached hydrogens (tertiary/aromatic N) is 3. The number of fused-ring (bicyclic) bond motifs is 3. The molecule has 4 rings (SSSR count). The first-order chi connectivity index (χ1) is 12.6. The van der Waals surface area contributed by atoms with Crippen LogP contribution in [0.25, 0.3) is 16.6 Å². The van der Waals surface area contributed by atoms with E-state index in [0.717, 1.165) is 22.1 Å². The van der Waals surface area contributed by atoms with E-state index in [1.165, 1.54) is 11.8 Å². The Kier molecular flexibility index (Phi) is 4.53. The van der Waals surface area contributed by atoms with Crippen LogP contribution in [0.15, 0.2) is 59.8 Å². The van der Waals surface area contributed by atoms with Gasteiger partial charge in [0, 0.05) is 0 Å². The third-order valence-corrected chi connectivity index (χ3v) is 5.27. The molecule has 0 atom stereocenters. The van der Waals surface area contributed by atoms with Crippen molar-refractivity contribution in [3.8, 4) is 0 Å². The fourth-order valence-electron chi connectivity index (χ4n) is 2.83. The van der Waals surface area contributed by atoms with Crippen LogP contribution in [0.3, 0.4) is 0 Å². The van der Waals surface area contributed by atoms with Gasteiger partial charge in [0.15, 0.2) is 10.8 Å². The number of pyridine rings is 1. The van der Waals surface area contributed by atoms with Gasteiger partial charge in [0.25, 0.3) is 0 Å². The molecular formula is C19H15ClN4OS. The van der Waals surface area contributed by atoms with Gasteiger partial charge in [0.2, 0.25) is 5.91 Å². The molecule has 0 aliphatic heterocycles. The molecule has 7 heteroatoms. The Morgan fingerprint density at radius 3 is 2.77 bits per heavy atom. The zero-order chi connectivity index (χ0) is 18.1. The number of nitrogens with one attached hydrogen (secondary N) is 1. The van der Waals surface area contributed by atoms with Crippen molar-refractivity contribution in [1.29, 1.82) is 0 Å². The lowest BCUT2D eigenvalue weighted by atomic mass is 10.1. The van der Waals surface area contributed by atoms with Crippen molar-refractivity contribution in [2.24, 2.45) is 0 Å². The minimum absolute atomic E-state index is 0.142. The van der Waals surface area contributed by atoms with E-state index in [9.17, 15) is 4.79 Å².